The minimum Gasteiger partial charge on any atom is -0.476 e. The van der Waals surface area contributed by atoms with Gasteiger partial charge in [-0.05, 0) is 55.7 Å². The molecular formula is C19H22N4O4. The maximum atomic E-state index is 11.9. The zero-order chi connectivity index (χ0) is 18.8. The van der Waals surface area contributed by atoms with Gasteiger partial charge in [0, 0.05) is 18.7 Å². The van der Waals surface area contributed by atoms with Crippen LogP contribution in [0.15, 0.2) is 24.3 Å². The summed E-state index contributed by atoms with van der Waals surface area (Å²) in [6, 6.07) is 8.31. The third-order valence-electron chi connectivity index (χ3n) is 5.43. The average Bonchev–Trinajstić information content (AvgIpc) is 3.31. The van der Waals surface area contributed by atoms with Crippen LogP contribution in [0.1, 0.15) is 60.5 Å². The van der Waals surface area contributed by atoms with E-state index in [1.165, 1.54) is 5.56 Å². The molecule has 27 heavy (non-hydrogen) atoms. The number of benzene rings is 1. The van der Waals surface area contributed by atoms with E-state index in [2.05, 4.69) is 27.5 Å². The van der Waals surface area contributed by atoms with Gasteiger partial charge in [0.25, 0.3) is 5.88 Å². The van der Waals surface area contributed by atoms with Crippen molar-refractivity contribution in [2.45, 2.75) is 50.5 Å². The molecule has 2 aromatic rings. The highest BCUT2D eigenvalue weighted by Crippen LogP contribution is 2.35. The number of amides is 1. The first-order valence-corrected chi connectivity index (χ1v) is 9.33. The quantitative estimate of drug-likeness (QED) is 0.838. The number of carbonyl (C=O) groups is 2. The Hall–Kier alpha value is -2.90. The Morgan fingerprint density at radius 1 is 1.19 bits per heavy atom. The predicted octanol–water partition coefficient (Wildman–Crippen LogP) is 2.73. The van der Waals surface area contributed by atoms with Crippen LogP contribution in [-0.4, -0.2) is 45.0 Å². The van der Waals surface area contributed by atoms with Gasteiger partial charge in [-0.15, -0.1) is 0 Å². The Morgan fingerprint density at radius 2 is 1.93 bits per heavy atom. The molecule has 8 heteroatoms. The number of carboxylic acid groups (broad SMARTS) is 1. The summed E-state index contributed by atoms with van der Waals surface area (Å²) in [5.74, 6) is -0.413. The molecule has 0 bridgehead atoms. The molecule has 1 aromatic carbocycles. The van der Waals surface area contributed by atoms with Gasteiger partial charge < -0.3 is 14.7 Å². The van der Waals surface area contributed by atoms with E-state index in [-0.39, 0.29) is 23.6 Å². The Kier molecular flexibility index (Phi) is 4.79. The number of carboxylic acids is 1. The fourth-order valence-electron chi connectivity index (χ4n) is 3.96. The number of aromatic carboxylic acids is 1. The molecule has 0 atom stereocenters. The lowest BCUT2D eigenvalue weighted by Crippen LogP contribution is -2.25. The average molecular weight is 370 g/mol. The summed E-state index contributed by atoms with van der Waals surface area (Å²) in [7, 11) is 0. The first kappa shape index (κ1) is 17.5. The van der Waals surface area contributed by atoms with Crippen molar-refractivity contribution in [3.8, 4) is 5.88 Å². The van der Waals surface area contributed by atoms with E-state index in [0.717, 1.165) is 44.3 Å². The molecule has 1 aliphatic heterocycles. The van der Waals surface area contributed by atoms with Gasteiger partial charge in [-0.25, -0.2) is 9.89 Å². The second kappa shape index (κ2) is 7.38. The standard InChI is InChI=1S/C19H22N4O4/c24-16-2-1-11-23(16)14-7-3-12(4-8-14)13-5-9-15(10-6-13)27-18-17(19(25)26)20-22-21-18/h3-4,7-8,13,15H,1-2,5-6,9-11H2,(H,25,26)(H,20,21,22). The number of ether oxygens (including phenoxy) is 1. The van der Waals surface area contributed by atoms with Crippen LogP contribution in [0, 0.1) is 0 Å². The number of aromatic nitrogens is 3. The molecule has 0 radical (unpaired) electrons. The molecule has 2 heterocycles. The van der Waals surface area contributed by atoms with Crippen LogP contribution in [0.5, 0.6) is 5.88 Å². The number of H-pyrrole nitrogens is 1. The maximum absolute atomic E-state index is 11.9. The number of nitrogens with zero attached hydrogens (tertiary/aromatic N) is 3. The second-order valence-corrected chi connectivity index (χ2v) is 7.13. The molecule has 142 valence electrons. The normalized spacial score (nSPS) is 22.8. The van der Waals surface area contributed by atoms with E-state index >= 15 is 0 Å². The van der Waals surface area contributed by atoms with Gasteiger partial charge in [0.15, 0.2) is 0 Å². The lowest BCUT2D eigenvalue weighted by atomic mass is 9.82. The van der Waals surface area contributed by atoms with Gasteiger partial charge in [0.1, 0.15) is 6.10 Å². The first-order valence-electron chi connectivity index (χ1n) is 9.33. The minimum absolute atomic E-state index is 0.0501. The molecule has 1 aliphatic carbocycles. The third kappa shape index (κ3) is 3.65. The van der Waals surface area contributed by atoms with Gasteiger partial charge in [0.05, 0.1) is 0 Å². The monoisotopic (exact) mass is 370 g/mol. The van der Waals surface area contributed by atoms with Gasteiger partial charge in [0.2, 0.25) is 11.6 Å². The number of carbonyl (C=O) groups excluding carboxylic acids is 1. The summed E-state index contributed by atoms with van der Waals surface area (Å²) in [5, 5.41) is 18.7. The van der Waals surface area contributed by atoms with E-state index < -0.39 is 5.97 Å². The van der Waals surface area contributed by atoms with Crippen LogP contribution in [-0.2, 0) is 4.79 Å². The summed E-state index contributed by atoms with van der Waals surface area (Å²) in [4.78, 5) is 24.8. The van der Waals surface area contributed by atoms with Crippen LogP contribution >= 0.6 is 0 Å². The van der Waals surface area contributed by atoms with Crippen LogP contribution in [0.25, 0.3) is 0 Å². The number of hydrogen-bond donors (Lipinski definition) is 2. The van der Waals surface area contributed by atoms with E-state index in [4.69, 9.17) is 9.84 Å². The molecule has 0 unspecified atom stereocenters. The molecule has 4 rings (SSSR count). The number of rotatable bonds is 5. The van der Waals surface area contributed by atoms with Gasteiger partial charge in [-0.3, -0.25) is 4.79 Å². The fourth-order valence-corrected chi connectivity index (χ4v) is 3.96. The first-order chi connectivity index (χ1) is 13.1. The van der Waals surface area contributed by atoms with Crippen molar-refractivity contribution >= 4 is 17.6 Å². The molecule has 1 aromatic heterocycles. The van der Waals surface area contributed by atoms with Crippen LogP contribution in [0.4, 0.5) is 5.69 Å². The summed E-state index contributed by atoms with van der Waals surface area (Å²) >= 11 is 0. The number of nitrogens with one attached hydrogen (secondary N) is 1. The predicted molar refractivity (Wildman–Crippen MR) is 97.0 cm³/mol. The third-order valence-corrected chi connectivity index (χ3v) is 5.43. The van der Waals surface area contributed by atoms with Crippen molar-refractivity contribution < 1.29 is 19.4 Å². The molecule has 2 aliphatic rings. The van der Waals surface area contributed by atoms with E-state index in [0.29, 0.717) is 12.3 Å². The lowest BCUT2D eigenvalue weighted by molar-refractivity contribution is -0.117. The topological polar surface area (TPSA) is 108 Å². The number of aromatic amines is 1. The highest BCUT2D eigenvalue weighted by molar-refractivity contribution is 5.95. The smallest absolute Gasteiger partial charge is 0.359 e. The Labute approximate surface area is 156 Å². The lowest BCUT2D eigenvalue weighted by Gasteiger charge is -2.29. The van der Waals surface area contributed by atoms with E-state index in [1.807, 2.05) is 17.0 Å². The van der Waals surface area contributed by atoms with Gasteiger partial charge in [-0.2, -0.15) is 0 Å². The molecule has 1 amide bonds. The Bertz CT molecular complexity index is 824. The zero-order valence-corrected chi connectivity index (χ0v) is 14.9. The molecule has 2 fully saturated rings. The summed E-state index contributed by atoms with van der Waals surface area (Å²) in [6.07, 6.45) is 5.12. The van der Waals surface area contributed by atoms with Crippen LogP contribution in [0.2, 0.25) is 0 Å². The highest BCUT2D eigenvalue weighted by atomic mass is 16.5. The SMILES string of the molecule is O=C(O)c1[nH]nnc1OC1CCC(c2ccc(N3CCCC3=O)cc2)CC1. The second-order valence-electron chi connectivity index (χ2n) is 7.13. The summed E-state index contributed by atoms with van der Waals surface area (Å²) < 4.78 is 5.74. The molecule has 1 saturated heterocycles. The maximum Gasteiger partial charge on any atom is 0.359 e. The summed E-state index contributed by atoms with van der Waals surface area (Å²) in [5.41, 5.74) is 2.14. The van der Waals surface area contributed by atoms with Crippen molar-refractivity contribution in [2.75, 3.05) is 11.4 Å². The van der Waals surface area contributed by atoms with Crippen molar-refractivity contribution in [1.82, 2.24) is 15.4 Å². The molecule has 2 N–H and O–H groups in total. The molecular weight excluding hydrogens is 348 g/mol. The highest BCUT2D eigenvalue weighted by Gasteiger charge is 2.27. The molecule has 0 spiro atoms. The largest absolute Gasteiger partial charge is 0.476 e. The Morgan fingerprint density at radius 3 is 2.56 bits per heavy atom. The molecule has 8 nitrogen and oxygen atoms in total. The van der Waals surface area contributed by atoms with Crippen molar-refractivity contribution in [3.63, 3.8) is 0 Å². The van der Waals surface area contributed by atoms with Crippen LogP contribution < -0.4 is 9.64 Å². The minimum atomic E-state index is -1.12. The van der Waals surface area contributed by atoms with Crippen molar-refractivity contribution in [2.24, 2.45) is 0 Å². The number of anilines is 1. The fraction of sp³-hybridized carbons (Fsp3) is 0.474. The van der Waals surface area contributed by atoms with Gasteiger partial charge >= 0.3 is 5.97 Å². The van der Waals surface area contributed by atoms with Crippen LogP contribution in [0.3, 0.4) is 0 Å². The van der Waals surface area contributed by atoms with E-state index in [1.54, 1.807) is 0 Å². The van der Waals surface area contributed by atoms with Crippen molar-refractivity contribution in [3.05, 3.63) is 35.5 Å². The molecule has 1 saturated carbocycles. The van der Waals surface area contributed by atoms with E-state index in [9.17, 15) is 9.59 Å². The van der Waals surface area contributed by atoms with Crippen molar-refractivity contribution in [1.29, 1.82) is 0 Å². The zero-order valence-electron chi connectivity index (χ0n) is 14.9. The summed E-state index contributed by atoms with van der Waals surface area (Å²) in [6.45, 7) is 0.807. The number of hydrogen-bond acceptors (Lipinski definition) is 5. The Balaban J connectivity index is 1.34. The van der Waals surface area contributed by atoms with Gasteiger partial charge in [-0.1, -0.05) is 22.4 Å².